The van der Waals surface area contributed by atoms with Crippen LogP contribution < -0.4 is 5.32 Å². The second-order valence-corrected chi connectivity index (χ2v) is 6.98. The first kappa shape index (κ1) is 18.2. The molecule has 2 heterocycles. The highest BCUT2D eigenvalue weighted by molar-refractivity contribution is 5.88. The molecule has 0 bridgehead atoms. The van der Waals surface area contributed by atoms with E-state index in [1.54, 1.807) is 17.9 Å². The minimum atomic E-state index is -0.190. The van der Waals surface area contributed by atoms with Crippen molar-refractivity contribution < 1.29 is 13.7 Å². The lowest BCUT2D eigenvalue weighted by Gasteiger charge is -2.33. The Hall–Kier alpha value is -2.63. The van der Waals surface area contributed by atoms with Crippen LogP contribution >= 0.6 is 0 Å². The lowest BCUT2D eigenvalue weighted by Crippen LogP contribution is -2.42. The Balaban J connectivity index is 1.66. The molecular formula is C20H24FN3O2. The number of hydrogen-bond donors (Lipinski definition) is 1. The van der Waals surface area contributed by atoms with Crippen molar-refractivity contribution in [3.05, 3.63) is 52.0 Å². The number of carbonyl (C=O) groups is 1. The number of carbonyl (C=O) groups excluding carboxylic acids is 1. The summed E-state index contributed by atoms with van der Waals surface area (Å²) in [5.41, 5.74) is 4.52. The van der Waals surface area contributed by atoms with E-state index in [0.717, 1.165) is 23.2 Å². The van der Waals surface area contributed by atoms with Crippen LogP contribution in [0.25, 0.3) is 6.08 Å². The number of piperidine rings is 1. The third kappa shape index (κ3) is 3.79. The second-order valence-electron chi connectivity index (χ2n) is 6.98. The van der Waals surface area contributed by atoms with E-state index in [4.69, 9.17) is 4.52 Å². The number of hydrogen-bond acceptors (Lipinski definition) is 3. The summed E-state index contributed by atoms with van der Waals surface area (Å²) in [6.07, 6.45) is 2.90. The number of halogens is 1. The molecule has 3 rings (SSSR count). The van der Waals surface area contributed by atoms with Crippen molar-refractivity contribution in [1.82, 2.24) is 10.1 Å². The molecule has 0 spiro atoms. The maximum Gasteiger partial charge on any atom is 0.324 e. The van der Waals surface area contributed by atoms with Crippen LogP contribution in [0.15, 0.2) is 28.3 Å². The van der Waals surface area contributed by atoms with Gasteiger partial charge in [-0.2, -0.15) is 0 Å². The molecule has 5 nitrogen and oxygen atoms in total. The smallest absolute Gasteiger partial charge is 0.324 e. The summed E-state index contributed by atoms with van der Waals surface area (Å²) >= 11 is 0. The molecule has 1 N–H and O–H groups in total. The molecule has 1 aliphatic heterocycles. The molecule has 2 amide bonds. The van der Waals surface area contributed by atoms with Crippen molar-refractivity contribution in [2.75, 3.05) is 18.4 Å². The summed E-state index contributed by atoms with van der Waals surface area (Å²) in [6, 6.07) is 4.96. The number of rotatable bonds is 2. The topological polar surface area (TPSA) is 58.4 Å². The molecule has 26 heavy (non-hydrogen) atoms. The van der Waals surface area contributed by atoms with Gasteiger partial charge in [-0.1, -0.05) is 29.8 Å². The van der Waals surface area contributed by atoms with Gasteiger partial charge in [0.15, 0.2) is 0 Å². The second kappa shape index (κ2) is 7.32. The van der Waals surface area contributed by atoms with E-state index in [2.05, 4.69) is 23.5 Å². The number of anilines is 1. The van der Waals surface area contributed by atoms with Gasteiger partial charge in [0.2, 0.25) is 5.88 Å². The van der Waals surface area contributed by atoms with E-state index in [-0.39, 0.29) is 17.8 Å². The van der Waals surface area contributed by atoms with Gasteiger partial charge in [0.25, 0.3) is 0 Å². The molecule has 0 radical (unpaired) electrons. The highest BCUT2D eigenvalue weighted by atomic mass is 19.1. The Kier molecular flexibility index (Phi) is 5.11. The molecule has 1 aliphatic rings. The molecule has 138 valence electrons. The van der Waals surface area contributed by atoms with Crippen LogP contribution in [0.4, 0.5) is 15.1 Å². The van der Waals surface area contributed by atoms with Gasteiger partial charge < -0.3 is 9.42 Å². The molecule has 2 aromatic rings. The molecule has 1 atom stereocenters. The van der Waals surface area contributed by atoms with Crippen molar-refractivity contribution >= 4 is 18.0 Å². The quantitative estimate of drug-likeness (QED) is 0.848. The molecule has 1 unspecified atom stereocenters. The zero-order valence-corrected chi connectivity index (χ0v) is 15.6. The zero-order chi connectivity index (χ0) is 18.8. The van der Waals surface area contributed by atoms with Crippen molar-refractivity contribution in [2.45, 2.75) is 34.1 Å². The molecule has 1 aromatic carbocycles. The fraction of sp³-hybridized carbons (Fsp3) is 0.400. The summed E-state index contributed by atoms with van der Waals surface area (Å²) < 4.78 is 18.6. The van der Waals surface area contributed by atoms with Gasteiger partial charge in [0, 0.05) is 18.7 Å². The fourth-order valence-corrected chi connectivity index (χ4v) is 3.13. The van der Waals surface area contributed by atoms with Crippen LogP contribution in [-0.4, -0.2) is 29.2 Å². The number of likely N-dealkylation sites (tertiary alicyclic amines) is 1. The molecule has 1 fully saturated rings. The predicted molar refractivity (Wildman–Crippen MR) is 99.5 cm³/mol. The first-order valence-electron chi connectivity index (χ1n) is 8.80. The summed E-state index contributed by atoms with van der Waals surface area (Å²) in [7, 11) is 0. The Labute approximate surface area is 152 Å². The van der Waals surface area contributed by atoms with Gasteiger partial charge >= 0.3 is 6.03 Å². The van der Waals surface area contributed by atoms with E-state index in [9.17, 15) is 9.18 Å². The largest absolute Gasteiger partial charge is 0.338 e. The van der Waals surface area contributed by atoms with Gasteiger partial charge in [-0.25, -0.2) is 9.18 Å². The van der Waals surface area contributed by atoms with Gasteiger partial charge in [-0.15, -0.1) is 0 Å². The molecule has 0 saturated carbocycles. The van der Waals surface area contributed by atoms with Crippen molar-refractivity contribution in [3.63, 3.8) is 0 Å². The molecular weight excluding hydrogens is 333 g/mol. The highest BCUT2D eigenvalue weighted by Crippen LogP contribution is 2.26. The molecule has 0 aliphatic carbocycles. The van der Waals surface area contributed by atoms with Crippen LogP contribution in [0.3, 0.4) is 0 Å². The Morgan fingerprint density at radius 1 is 1.38 bits per heavy atom. The fourth-order valence-electron chi connectivity index (χ4n) is 3.13. The van der Waals surface area contributed by atoms with Gasteiger partial charge in [0.05, 0.1) is 5.69 Å². The summed E-state index contributed by atoms with van der Waals surface area (Å²) in [5, 5.41) is 6.65. The van der Waals surface area contributed by atoms with Crippen LogP contribution in [-0.2, 0) is 0 Å². The van der Waals surface area contributed by atoms with E-state index in [0.29, 0.717) is 24.5 Å². The standard InChI is InChI=1S/C20H24FN3O2/c1-12-9-16(5-6-18(12)21)10-17-7-8-24(11-13(17)2)20(25)22-19-14(3)15(4)23-26-19/h5-6,9-10,13H,7-8,11H2,1-4H3,(H,22,25). The highest BCUT2D eigenvalue weighted by Gasteiger charge is 2.25. The van der Waals surface area contributed by atoms with E-state index < -0.39 is 0 Å². The number of urea groups is 1. The molecule has 1 saturated heterocycles. The van der Waals surface area contributed by atoms with Crippen molar-refractivity contribution in [2.24, 2.45) is 5.92 Å². The number of aromatic nitrogens is 1. The number of benzene rings is 1. The Morgan fingerprint density at radius 2 is 2.15 bits per heavy atom. The number of amides is 2. The van der Waals surface area contributed by atoms with Gasteiger partial charge in [-0.05, 0) is 56.4 Å². The van der Waals surface area contributed by atoms with Crippen molar-refractivity contribution in [1.29, 1.82) is 0 Å². The monoisotopic (exact) mass is 357 g/mol. The van der Waals surface area contributed by atoms with Crippen LogP contribution in [0, 0.1) is 32.5 Å². The Bertz CT molecular complexity index is 857. The summed E-state index contributed by atoms with van der Waals surface area (Å²) in [4.78, 5) is 14.3. The molecule has 6 heteroatoms. The SMILES string of the molecule is Cc1cc(C=C2CCN(C(=O)Nc3onc(C)c3C)CC2C)ccc1F. The first-order valence-corrected chi connectivity index (χ1v) is 8.80. The lowest BCUT2D eigenvalue weighted by atomic mass is 9.91. The first-order chi connectivity index (χ1) is 12.3. The number of nitrogens with zero attached hydrogens (tertiary/aromatic N) is 2. The maximum atomic E-state index is 13.4. The average Bonchev–Trinajstić information content (AvgIpc) is 2.92. The maximum absolute atomic E-state index is 13.4. The summed E-state index contributed by atoms with van der Waals surface area (Å²) in [5.74, 6) is 0.449. The third-order valence-corrected chi connectivity index (χ3v) is 5.00. The van der Waals surface area contributed by atoms with Gasteiger partial charge in [-0.3, -0.25) is 5.32 Å². The van der Waals surface area contributed by atoms with Gasteiger partial charge in [0.1, 0.15) is 5.82 Å². The minimum absolute atomic E-state index is 0.173. The zero-order valence-electron chi connectivity index (χ0n) is 15.6. The average molecular weight is 357 g/mol. The number of aryl methyl sites for hydroxylation is 2. The van der Waals surface area contributed by atoms with E-state index in [1.807, 2.05) is 19.9 Å². The number of nitrogens with one attached hydrogen (secondary N) is 1. The van der Waals surface area contributed by atoms with Crippen LogP contribution in [0.2, 0.25) is 0 Å². The van der Waals surface area contributed by atoms with E-state index >= 15 is 0 Å². The summed E-state index contributed by atoms with van der Waals surface area (Å²) in [6.45, 7) is 8.84. The molecule has 1 aromatic heterocycles. The normalized spacial score (nSPS) is 19.0. The van der Waals surface area contributed by atoms with Crippen LogP contribution in [0.1, 0.15) is 35.7 Å². The van der Waals surface area contributed by atoms with E-state index in [1.165, 1.54) is 11.6 Å². The Morgan fingerprint density at radius 3 is 2.77 bits per heavy atom. The predicted octanol–water partition coefficient (Wildman–Crippen LogP) is 4.70. The minimum Gasteiger partial charge on any atom is -0.338 e. The lowest BCUT2D eigenvalue weighted by molar-refractivity contribution is 0.197. The third-order valence-electron chi connectivity index (χ3n) is 5.00. The van der Waals surface area contributed by atoms with Crippen molar-refractivity contribution in [3.8, 4) is 0 Å². The van der Waals surface area contributed by atoms with Crippen LogP contribution in [0.5, 0.6) is 0 Å².